The van der Waals surface area contributed by atoms with E-state index in [0.29, 0.717) is 6.04 Å². The molecule has 1 heterocycles. The van der Waals surface area contributed by atoms with Crippen molar-refractivity contribution < 1.29 is 0 Å². The molecule has 0 saturated carbocycles. The minimum absolute atomic E-state index is 0.459. The average molecular weight is 251 g/mol. The van der Waals surface area contributed by atoms with Crippen LogP contribution in [0.4, 0.5) is 0 Å². The molecule has 1 aromatic rings. The maximum absolute atomic E-state index is 4.51. The molecule has 1 unspecified atom stereocenters. The fourth-order valence-electron chi connectivity index (χ4n) is 2.29. The Morgan fingerprint density at radius 1 is 1.17 bits per heavy atom. The third kappa shape index (κ3) is 4.45. The first-order chi connectivity index (χ1) is 8.74. The summed E-state index contributed by atoms with van der Waals surface area (Å²) >= 11 is 0. The Hall–Kier alpha value is -0.830. The van der Waals surface area contributed by atoms with Crippen LogP contribution in [-0.4, -0.2) is 16.3 Å². The number of aromatic nitrogens is 2. The van der Waals surface area contributed by atoms with Crippen molar-refractivity contribution in [1.82, 2.24) is 15.1 Å². The van der Waals surface area contributed by atoms with Gasteiger partial charge in [-0.2, -0.15) is 5.10 Å². The molecule has 0 fully saturated rings. The lowest BCUT2D eigenvalue weighted by Crippen LogP contribution is -2.21. The number of hydrogen-bond acceptors (Lipinski definition) is 2. The molecule has 3 nitrogen and oxygen atoms in total. The van der Waals surface area contributed by atoms with Crippen molar-refractivity contribution in [1.29, 1.82) is 0 Å². The number of rotatable bonds is 9. The molecule has 18 heavy (non-hydrogen) atoms. The summed E-state index contributed by atoms with van der Waals surface area (Å²) in [6.45, 7) is 11.1. The first-order valence-corrected chi connectivity index (χ1v) is 7.50. The molecule has 1 aromatic heterocycles. The largest absolute Gasteiger partial charge is 0.310 e. The highest BCUT2D eigenvalue weighted by molar-refractivity contribution is 5.10. The Bertz CT molecular complexity index is 315. The Balaban J connectivity index is 2.60. The predicted molar refractivity (Wildman–Crippen MR) is 77.6 cm³/mol. The lowest BCUT2D eigenvalue weighted by atomic mass is 10.0. The van der Waals surface area contributed by atoms with E-state index in [0.717, 1.165) is 25.4 Å². The molecule has 0 bridgehead atoms. The Kier molecular flexibility index (Phi) is 7.02. The van der Waals surface area contributed by atoms with Gasteiger partial charge in [0.25, 0.3) is 0 Å². The van der Waals surface area contributed by atoms with Crippen LogP contribution in [0.15, 0.2) is 12.4 Å². The third-order valence-electron chi connectivity index (χ3n) is 3.70. The third-order valence-corrected chi connectivity index (χ3v) is 3.70. The number of nitrogens with zero attached hydrogens (tertiary/aromatic N) is 2. The summed E-state index contributed by atoms with van der Waals surface area (Å²) in [5.74, 6) is 0.751. The van der Waals surface area contributed by atoms with Crippen LogP contribution < -0.4 is 5.32 Å². The SMILES string of the molecule is CCCNC(CC)c1cnn(CC(CC)CC)c1. The van der Waals surface area contributed by atoms with Crippen LogP contribution in [0.1, 0.15) is 65.0 Å². The minimum Gasteiger partial charge on any atom is -0.310 e. The van der Waals surface area contributed by atoms with Crippen LogP contribution in [0, 0.1) is 5.92 Å². The Labute approximate surface area is 112 Å². The van der Waals surface area contributed by atoms with Gasteiger partial charge in [0.2, 0.25) is 0 Å². The zero-order valence-electron chi connectivity index (χ0n) is 12.4. The molecule has 0 aromatic carbocycles. The molecule has 3 heteroatoms. The fourth-order valence-corrected chi connectivity index (χ4v) is 2.29. The normalized spacial score (nSPS) is 13.2. The number of hydrogen-bond donors (Lipinski definition) is 1. The molecule has 1 N–H and O–H groups in total. The van der Waals surface area contributed by atoms with Gasteiger partial charge < -0.3 is 5.32 Å². The standard InChI is InChI=1S/C15H29N3/c1-5-9-16-15(8-4)14-10-17-18(12-14)11-13(6-2)7-3/h10,12-13,15-16H,5-9,11H2,1-4H3. The van der Waals surface area contributed by atoms with Crippen molar-refractivity contribution in [2.75, 3.05) is 6.54 Å². The lowest BCUT2D eigenvalue weighted by Gasteiger charge is -2.15. The van der Waals surface area contributed by atoms with Crippen LogP contribution in [0.3, 0.4) is 0 Å². The second-order valence-corrected chi connectivity index (χ2v) is 5.09. The van der Waals surface area contributed by atoms with E-state index in [2.05, 4.69) is 49.0 Å². The van der Waals surface area contributed by atoms with E-state index in [9.17, 15) is 0 Å². The van der Waals surface area contributed by atoms with Gasteiger partial charge in [-0.15, -0.1) is 0 Å². The van der Waals surface area contributed by atoms with Gasteiger partial charge in [0, 0.05) is 24.3 Å². The molecule has 0 aliphatic carbocycles. The first kappa shape index (κ1) is 15.2. The van der Waals surface area contributed by atoms with Crippen LogP contribution in [-0.2, 0) is 6.54 Å². The van der Waals surface area contributed by atoms with Crippen molar-refractivity contribution in [3.63, 3.8) is 0 Å². The fraction of sp³-hybridized carbons (Fsp3) is 0.800. The predicted octanol–water partition coefficient (Wildman–Crippen LogP) is 3.77. The highest BCUT2D eigenvalue weighted by atomic mass is 15.3. The van der Waals surface area contributed by atoms with Gasteiger partial charge in [0.15, 0.2) is 0 Å². The summed E-state index contributed by atoms with van der Waals surface area (Å²) in [5, 5.41) is 8.08. The molecule has 1 atom stereocenters. The van der Waals surface area contributed by atoms with E-state index in [1.54, 1.807) is 0 Å². The van der Waals surface area contributed by atoms with Crippen molar-refractivity contribution in [2.45, 2.75) is 66.0 Å². The van der Waals surface area contributed by atoms with E-state index < -0.39 is 0 Å². The topological polar surface area (TPSA) is 29.9 Å². The van der Waals surface area contributed by atoms with Crippen molar-refractivity contribution in [3.8, 4) is 0 Å². The molecular weight excluding hydrogens is 222 g/mol. The van der Waals surface area contributed by atoms with E-state index in [-0.39, 0.29) is 0 Å². The van der Waals surface area contributed by atoms with Gasteiger partial charge in [-0.25, -0.2) is 0 Å². The molecule has 0 saturated heterocycles. The van der Waals surface area contributed by atoms with Crippen LogP contribution in [0.2, 0.25) is 0 Å². The molecule has 0 spiro atoms. The molecule has 0 radical (unpaired) electrons. The molecular formula is C15H29N3. The van der Waals surface area contributed by atoms with Gasteiger partial charge >= 0.3 is 0 Å². The zero-order chi connectivity index (χ0) is 13.4. The van der Waals surface area contributed by atoms with E-state index in [1.807, 2.05) is 6.20 Å². The summed E-state index contributed by atoms with van der Waals surface area (Å²) in [4.78, 5) is 0. The first-order valence-electron chi connectivity index (χ1n) is 7.50. The summed E-state index contributed by atoms with van der Waals surface area (Å²) in [5.41, 5.74) is 1.33. The monoisotopic (exact) mass is 251 g/mol. The summed E-state index contributed by atoms with van der Waals surface area (Å²) in [6.07, 6.45) is 9.01. The zero-order valence-corrected chi connectivity index (χ0v) is 12.4. The lowest BCUT2D eigenvalue weighted by molar-refractivity contribution is 0.395. The van der Waals surface area contributed by atoms with Crippen molar-refractivity contribution in [3.05, 3.63) is 18.0 Å². The van der Waals surface area contributed by atoms with Crippen LogP contribution in [0.5, 0.6) is 0 Å². The van der Waals surface area contributed by atoms with Crippen LogP contribution in [0.25, 0.3) is 0 Å². The van der Waals surface area contributed by atoms with Gasteiger partial charge in [0.05, 0.1) is 6.20 Å². The average Bonchev–Trinajstić information content (AvgIpc) is 2.85. The quantitative estimate of drug-likeness (QED) is 0.724. The highest BCUT2D eigenvalue weighted by Gasteiger charge is 2.12. The van der Waals surface area contributed by atoms with Crippen molar-refractivity contribution in [2.24, 2.45) is 5.92 Å². The Morgan fingerprint density at radius 2 is 1.89 bits per heavy atom. The highest BCUT2D eigenvalue weighted by Crippen LogP contribution is 2.17. The smallest absolute Gasteiger partial charge is 0.0537 e. The second kappa shape index (κ2) is 8.30. The van der Waals surface area contributed by atoms with Crippen molar-refractivity contribution >= 4 is 0 Å². The van der Waals surface area contributed by atoms with Gasteiger partial charge in [0.1, 0.15) is 0 Å². The molecule has 0 aliphatic heterocycles. The van der Waals surface area contributed by atoms with E-state index in [1.165, 1.54) is 24.8 Å². The van der Waals surface area contributed by atoms with Crippen LogP contribution >= 0.6 is 0 Å². The van der Waals surface area contributed by atoms with E-state index in [4.69, 9.17) is 0 Å². The molecule has 0 amide bonds. The summed E-state index contributed by atoms with van der Waals surface area (Å²) < 4.78 is 2.11. The molecule has 1 rings (SSSR count). The number of nitrogens with one attached hydrogen (secondary N) is 1. The van der Waals surface area contributed by atoms with Gasteiger partial charge in [-0.3, -0.25) is 4.68 Å². The van der Waals surface area contributed by atoms with E-state index >= 15 is 0 Å². The Morgan fingerprint density at radius 3 is 2.44 bits per heavy atom. The minimum atomic E-state index is 0.459. The maximum atomic E-state index is 4.51. The maximum Gasteiger partial charge on any atom is 0.0537 e. The molecule has 104 valence electrons. The van der Waals surface area contributed by atoms with Gasteiger partial charge in [-0.05, 0) is 25.3 Å². The summed E-state index contributed by atoms with van der Waals surface area (Å²) in [7, 11) is 0. The van der Waals surface area contributed by atoms with Gasteiger partial charge in [-0.1, -0.05) is 40.5 Å². The molecule has 0 aliphatic rings. The summed E-state index contributed by atoms with van der Waals surface area (Å²) in [6, 6.07) is 0.459. The second-order valence-electron chi connectivity index (χ2n) is 5.09.